The molecule has 0 amide bonds. The quantitative estimate of drug-likeness (QED) is 0.0494. The number of hydrogen-bond donors (Lipinski definition) is 2. The standard InChI is InChI=1S/C75H132N2O8/c1-5-8-11-14-17-20-23-26-29-32-35-38-41-44-47-50-53-66-58-65(63-83-72(79)56-57-73(80)85-69-60-71(84-70(69)62-78)77-61-64(4)74(81)76-75(77)82)59-67(54-51-48-45-42-39-36-33-30-27-24-21-18-15-12-9-6-2)68(66)55-52-49-46-43-40-37-34-31-28-25-22-19-16-13-10-7-3/h58-59,61,69-71,78H,5-57,60,62-63H2,1-4H3,(H,76,81,82)/t69-,70+,71+/m0/s1. The number of nitrogens with zero attached hydrogens (tertiary/aromatic N) is 1. The first-order valence-corrected chi connectivity index (χ1v) is 36.8. The van der Waals surface area contributed by atoms with Crippen LogP contribution < -0.4 is 11.2 Å². The van der Waals surface area contributed by atoms with E-state index in [9.17, 15) is 24.3 Å². The SMILES string of the molecule is CCCCCCCCCCCCCCCCCCc1cc(COC(=O)CCC(=O)O[C@H]2C[C@H](n3cc(C)c(=O)[nH]c3=O)O[C@@H]2CO)cc(CCCCCCCCCCCCCCCCCC)c1CCCCCCCCCCCCCCCCCC. The molecule has 0 spiro atoms. The van der Waals surface area contributed by atoms with Crippen LogP contribution in [0, 0.1) is 6.92 Å². The summed E-state index contributed by atoms with van der Waals surface area (Å²) in [5.74, 6) is -1.06. The largest absolute Gasteiger partial charge is 0.461 e. The molecular formula is C75H132N2O8. The molecule has 2 N–H and O–H groups in total. The smallest absolute Gasteiger partial charge is 0.330 e. The van der Waals surface area contributed by atoms with Crippen LogP contribution in [0.25, 0.3) is 0 Å². The van der Waals surface area contributed by atoms with E-state index < -0.39 is 48.2 Å². The first-order chi connectivity index (χ1) is 41.7. The summed E-state index contributed by atoms with van der Waals surface area (Å²) in [6.45, 7) is 8.22. The number of aromatic amines is 1. The maximum absolute atomic E-state index is 13.3. The van der Waals surface area contributed by atoms with E-state index in [1.165, 1.54) is 330 Å². The molecule has 0 saturated carbocycles. The number of aliphatic hydroxyl groups excluding tert-OH is 1. The Bertz CT molecular complexity index is 1990. The number of rotatable bonds is 59. The summed E-state index contributed by atoms with van der Waals surface area (Å²) in [5.41, 5.74) is 4.71. The monoisotopic (exact) mass is 1190 g/mol. The van der Waals surface area contributed by atoms with Crippen molar-refractivity contribution in [2.75, 3.05) is 6.61 Å². The van der Waals surface area contributed by atoms with Gasteiger partial charge in [-0.1, -0.05) is 322 Å². The zero-order valence-electron chi connectivity index (χ0n) is 55.8. The number of aliphatic hydroxyl groups is 1. The van der Waals surface area contributed by atoms with Crippen molar-refractivity contribution in [3.8, 4) is 0 Å². The van der Waals surface area contributed by atoms with Crippen LogP contribution in [0.1, 0.15) is 382 Å². The molecule has 1 saturated heterocycles. The minimum absolute atomic E-state index is 0.117. The number of benzene rings is 1. The molecule has 0 aliphatic carbocycles. The molecule has 3 rings (SSSR count). The fraction of sp³-hybridized carbons (Fsp3) is 0.840. The molecule has 2 aromatic rings. The molecule has 2 heterocycles. The van der Waals surface area contributed by atoms with E-state index in [1.807, 2.05) is 0 Å². The highest BCUT2D eigenvalue weighted by molar-refractivity contribution is 5.77. The third-order valence-electron chi connectivity index (χ3n) is 18.4. The molecule has 10 heteroatoms. The molecule has 10 nitrogen and oxygen atoms in total. The van der Waals surface area contributed by atoms with Gasteiger partial charge in [0.25, 0.3) is 5.56 Å². The van der Waals surface area contributed by atoms with Crippen molar-refractivity contribution in [2.45, 2.75) is 399 Å². The molecule has 0 radical (unpaired) electrons. The third-order valence-corrected chi connectivity index (χ3v) is 18.4. The van der Waals surface area contributed by atoms with Crippen LogP contribution in [-0.2, 0) is 49.7 Å². The highest BCUT2D eigenvalue weighted by atomic mass is 16.6. The molecule has 0 unspecified atom stereocenters. The van der Waals surface area contributed by atoms with Crippen LogP contribution >= 0.6 is 0 Å². The maximum atomic E-state index is 13.3. The van der Waals surface area contributed by atoms with E-state index in [4.69, 9.17) is 14.2 Å². The van der Waals surface area contributed by atoms with Gasteiger partial charge in [0.2, 0.25) is 0 Å². The Morgan fingerprint density at radius 3 is 1.18 bits per heavy atom. The summed E-state index contributed by atoms with van der Waals surface area (Å²) in [7, 11) is 0. The van der Waals surface area contributed by atoms with Crippen molar-refractivity contribution in [3.63, 3.8) is 0 Å². The molecule has 85 heavy (non-hydrogen) atoms. The molecular weight excluding hydrogens is 1060 g/mol. The van der Waals surface area contributed by atoms with Gasteiger partial charge >= 0.3 is 17.6 Å². The molecule has 490 valence electrons. The van der Waals surface area contributed by atoms with Crippen molar-refractivity contribution in [1.29, 1.82) is 0 Å². The van der Waals surface area contributed by atoms with E-state index in [2.05, 4.69) is 37.9 Å². The maximum Gasteiger partial charge on any atom is 0.330 e. The lowest BCUT2D eigenvalue weighted by Gasteiger charge is -2.19. The van der Waals surface area contributed by atoms with Crippen LogP contribution in [-0.4, -0.2) is 45.4 Å². The number of aromatic nitrogens is 2. The minimum atomic E-state index is -0.853. The van der Waals surface area contributed by atoms with Crippen molar-refractivity contribution < 1.29 is 28.9 Å². The fourth-order valence-corrected chi connectivity index (χ4v) is 12.9. The number of nitrogens with one attached hydrogen (secondary N) is 1. The summed E-state index contributed by atoms with van der Waals surface area (Å²) in [6.07, 6.45) is 67.4. The van der Waals surface area contributed by atoms with Crippen molar-refractivity contribution in [2.24, 2.45) is 0 Å². The number of carbonyl (C=O) groups excluding carboxylic acids is 2. The van der Waals surface area contributed by atoms with Gasteiger partial charge < -0.3 is 19.3 Å². The Hall–Kier alpha value is -3.24. The second-order valence-electron chi connectivity index (χ2n) is 26.3. The highest BCUT2D eigenvalue weighted by Crippen LogP contribution is 2.31. The summed E-state index contributed by atoms with van der Waals surface area (Å²) < 4.78 is 18.8. The molecule has 3 atom stereocenters. The Labute approximate surface area is 521 Å². The van der Waals surface area contributed by atoms with Gasteiger partial charge in [0.1, 0.15) is 25.0 Å². The predicted molar refractivity (Wildman–Crippen MR) is 357 cm³/mol. The minimum Gasteiger partial charge on any atom is -0.461 e. The third kappa shape index (κ3) is 38.0. The van der Waals surface area contributed by atoms with Gasteiger partial charge in [0.05, 0.1) is 19.4 Å². The number of aryl methyl sites for hydroxylation is 3. The van der Waals surface area contributed by atoms with Crippen molar-refractivity contribution >= 4 is 11.9 Å². The second kappa shape index (κ2) is 52.7. The van der Waals surface area contributed by atoms with Crippen LogP contribution in [0.4, 0.5) is 0 Å². The average molecular weight is 1190 g/mol. The lowest BCUT2D eigenvalue weighted by molar-refractivity contribution is -0.157. The van der Waals surface area contributed by atoms with Gasteiger partial charge in [0, 0.05) is 18.2 Å². The first kappa shape index (κ1) is 76.0. The van der Waals surface area contributed by atoms with Crippen LogP contribution in [0.3, 0.4) is 0 Å². The topological polar surface area (TPSA) is 137 Å². The Morgan fingerprint density at radius 2 is 0.824 bits per heavy atom. The van der Waals surface area contributed by atoms with Gasteiger partial charge in [0.15, 0.2) is 0 Å². The Morgan fingerprint density at radius 1 is 0.494 bits per heavy atom. The normalized spacial score (nSPS) is 15.1. The summed E-state index contributed by atoms with van der Waals surface area (Å²) in [6, 6.07) is 4.68. The molecule has 1 aliphatic rings. The second-order valence-corrected chi connectivity index (χ2v) is 26.3. The van der Waals surface area contributed by atoms with E-state index in [-0.39, 0.29) is 25.9 Å². The fourth-order valence-electron chi connectivity index (χ4n) is 12.9. The molecule has 1 fully saturated rings. The molecule has 0 bridgehead atoms. The summed E-state index contributed by atoms with van der Waals surface area (Å²) in [4.78, 5) is 53.3. The zero-order valence-corrected chi connectivity index (χ0v) is 55.8. The van der Waals surface area contributed by atoms with Gasteiger partial charge in [-0.3, -0.25) is 23.9 Å². The zero-order chi connectivity index (χ0) is 61.1. The number of unbranched alkanes of at least 4 members (excludes halogenated alkanes) is 45. The lowest BCUT2D eigenvalue weighted by atomic mass is 9.88. The summed E-state index contributed by atoms with van der Waals surface area (Å²) in [5, 5.41) is 10.0. The Balaban J connectivity index is 1.59. The number of carbonyl (C=O) groups is 2. The van der Waals surface area contributed by atoms with E-state index >= 15 is 0 Å². The predicted octanol–water partition coefficient (Wildman–Crippen LogP) is 21.0. The molecule has 1 aliphatic heterocycles. The number of hydrogen-bond acceptors (Lipinski definition) is 8. The van der Waals surface area contributed by atoms with Crippen molar-refractivity contribution in [3.05, 3.63) is 67.0 Å². The van der Waals surface area contributed by atoms with E-state index in [0.29, 0.717) is 5.56 Å². The first-order valence-electron chi connectivity index (χ1n) is 36.8. The van der Waals surface area contributed by atoms with Gasteiger partial charge in [-0.05, 0) is 67.7 Å². The van der Waals surface area contributed by atoms with E-state index in [1.54, 1.807) is 12.5 Å². The van der Waals surface area contributed by atoms with Gasteiger partial charge in [-0.15, -0.1) is 0 Å². The average Bonchev–Trinajstić information content (AvgIpc) is 3.31. The lowest BCUT2D eigenvalue weighted by Crippen LogP contribution is -2.33. The number of esters is 2. The van der Waals surface area contributed by atoms with Crippen LogP contribution in [0.5, 0.6) is 0 Å². The van der Waals surface area contributed by atoms with Gasteiger partial charge in [-0.2, -0.15) is 0 Å². The van der Waals surface area contributed by atoms with Crippen molar-refractivity contribution in [1.82, 2.24) is 9.55 Å². The van der Waals surface area contributed by atoms with Gasteiger partial charge in [-0.25, -0.2) is 4.79 Å². The molecule has 1 aromatic carbocycles. The Kier molecular flexibility index (Phi) is 47.1. The summed E-state index contributed by atoms with van der Waals surface area (Å²) >= 11 is 0. The van der Waals surface area contributed by atoms with Crippen LogP contribution in [0.2, 0.25) is 0 Å². The number of ether oxygens (including phenoxy) is 3. The van der Waals surface area contributed by atoms with Crippen LogP contribution in [0.15, 0.2) is 27.9 Å². The van der Waals surface area contributed by atoms with E-state index in [0.717, 1.165) is 24.8 Å². The molecule has 1 aromatic heterocycles. The number of H-pyrrole nitrogens is 1. The highest BCUT2D eigenvalue weighted by Gasteiger charge is 2.39.